The summed E-state index contributed by atoms with van der Waals surface area (Å²) in [6, 6.07) is 16.3. The Labute approximate surface area is 179 Å². The number of hydrogen-bond donors (Lipinski definition) is 2. The summed E-state index contributed by atoms with van der Waals surface area (Å²) in [6.45, 7) is 6.59. The highest BCUT2D eigenvalue weighted by atomic mass is 16.5. The van der Waals surface area contributed by atoms with Crippen LogP contribution in [-0.4, -0.2) is 18.0 Å². The summed E-state index contributed by atoms with van der Waals surface area (Å²) in [6.07, 6.45) is 5.10. The summed E-state index contributed by atoms with van der Waals surface area (Å²) in [4.78, 5) is 17.1. The van der Waals surface area contributed by atoms with Crippen LogP contribution < -0.4 is 10.1 Å². The zero-order valence-corrected chi connectivity index (χ0v) is 18.5. The lowest BCUT2D eigenvalue weighted by Gasteiger charge is -2.36. The number of H-pyrrole nitrogens is 1. The van der Waals surface area contributed by atoms with Crippen LogP contribution in [0.4, 0.5) is 5.69 Å². The zero-order chi connectivity index (χ0) is 21.4. The minimum Gasteiger partial charge on any atom is -0.497 e. The first-order valence-electron chi connectivity index (χ1n) is 10.9. The number of fused-ring (bicyclic) bond motifs is 1. The molecule has 4 heteroatoms. The van der Waals surface area contributed by atoms with Gasteiger partial charge in [-0.1, -0.05) is 52.2 Å². The first kappa shape index (κ1) is 20.5. The molecule has 1 aliphatic rings. The number of aromatic nitrogens is 1. The topological polar surface area (TPSA) is 54.1 Å². The fourth-order valence-electron chi connectivity index (χ4n) is 4.58. The first-order chi connectivity index (χ1) is 14.3. The predicted molar refractivity (Wildman–Crippen MR) is 123 cm³/mol. The number of hydrogen-bond acceptors (Lipinski definition) is 2. The van der Waals surface area contributed by atoms with Gasteiger partial charge in [-0.15, -0.1) is 0 Å². The fraction of sp³-hybridized carbons (Fsp3) is 0.423. The molecule has 4 nitrogen and oxygen atoms in total. The Balaban J connectivity index is 1.63. The molecule has 0 bridgehead atoms. The summed E-state index contributed by atoms with van der Waals surface area (Å²) in [5, 5.41) is 4.36. The summed E-state index contributed by atoms with van der Waals surface area (Å²) < 4.78 is 5.31. The Morgan fingerprint density at radius 2 is 1.70 bits per heavy atom. The van der Waals surface area contributed by atoms with Crippen molar-refractivity contribution in [2.45, 2.75) is 63.7 Å². The SMILES string of the molecule is COc1ccc(C2(C(=O)Nc3ccc4[nH]c(C(C)(C)C)cc4c3)CCCCC2)cc1. The van der Waals surface area contributed by atoms with Crippen LogP contribution in [0, 0.1) is 0 Å². The van der Waals surface area contributed by atoms with E-state index in [1.165, 1.54) is 12.1 Å². The van der Waals surface area contributed by atoms with E-state index in [0.717, 1.165) is 53.6 Å². The predicted octanol–water partition coefficient (Wildman–Crippen LogP) is 6.31. The van der Waals surface area contributed by atoms with Crippen LogP contribution in [-0.2, 0) is 15.6 Å². The molecule has 2 aromatic carbocycles. The first-order valence-corrected chi connectivity index (χ1v) is 10.9. The molecule has 0 saturated heterocycles. The van der Waals surface area contributed by atoms with E-state index in [2.05, 4.69) is 61.4 Å². The van der Waals surface area contributed by atoms with Crippen LogP contribution in [0.15, 0.2) is 48.5 Å². The van der Waals surface area contributed by atoms with Gasteiger partial charge in [-0.05, 0) is 54.8 Å². The molecular weight excluding hydrogens is 372 g/mol. The number of rotatable bonds is 4. The molecule has 0 aliphatic heterocycles. The van der Waals surface area contributed by atoms with Crippen molar-refractivity contribution in [1.82, 2.24) is 4.98 Å². The second-order valence-electron chi connectivity index (χ2n) is 9.56. The lowest BCUT2D eigenvalue weighted by atomic mass is 9.68. The van der Waals surface area contributed by atoms with E-state index in [4.69, 9.17) is 4.74 Å². The highest BCUT2D eigenvalue weighted by molar-refractivity contribution is 6.00. The summed E-state index contributed by atoms with van der Waals surface area (Å²) in [7, 11) is 1.67. The smallest absolute Gasteiger partial charge is 0.235 e. The molecule has 2 N–H and O–H groups in total. The maximum Gasteiger partial charge on any atom is 0.235 e. The molecule has 0 radical (unpaired) electrons. The molecule has 1 heterocycles. The summed E-state index contributed by atoms with van der Waals surface area (Å²) >= 11 is 0. The number of benzene rings is 2. The Kier molecular flexibility index (Phi) is 5.35. The van der Waals surface area contributed by atoms with Gasteiger partial charge >= 0.3 is 0 Å². The van der Waals surface area contributed by atoms with Crippen molar-refractivity contribution in [2.75, 3.05) is 12.4 Å². The van der Waals surface area contributed by atoms with Crippen molar-refractivity contribution in [3.8, 4) is 5.75 Å². The van der Waals surface area contributed by atoms with Crippen molar-refractivity contribution < 1.29 is 9.53 Å². The number of carbonyl (C=O) groups excluding carboxylic acids is 1. The monoisotopic (exact) mass is 404 g/mol. The van der Waals surface area contributed by atoms with E-state index in [1.54, 1.807) is 7.11 Å². The number of aromatic amines is 1. The third-order valence-electron chi connectivity index (χ3n) is 6.47. The van der Waals surface area contributed by atoms with Crippen molar-refractivity contribution in [3.05, 3.63) is 59.8 Å². The Morgan fingerprint density at radius 3 is 2.33 bits per heavy atom. The van der Waals surface area contributed by atoms with E-state index in [0.29, 0.717) is 0 Å². The Bertz CT molecular complexity index is 1040. The van der Waals surface area contributed by atoms with Crippen LogP contribution in [0.1, 0.15) is 64.1 Å². The molecular formula is C26H32N2O2. The third kappa shape index (κ3) is 3.83. The average Bonchev–Trinajstić information content (AvgIpc) is 3.18. The third-order valence-corrected chi connectivity index (χ3v) is 6.47. The van der Waals surface area contributed by atoms with Gasteiger partial charge in [0, 0.05) is 27.7 Å². The van der Waals surface area contributed by atoms with Crippen molar-refractivity contribution in [2.24, 2.45) is 0 Å². The van der Waals surface area contributed by atoms with Crippen molar-refractivity contribution in [1.29, 1.82) is 0 Å². The molecule has 30 heavy (non-hydrogen) atoms. The Morgan fingerprint density at radius 1 is 1.00 bits per heavy atom. The molecule has 0 atom stereocenters. The van der Waals surface area contributed by atoms with E-state index in [9.17, 15) is 4.79 Å². The van der Waals surface area contributed by atoms with Gasteiger partial charge in [-0.3, -0.25) is 4.79 Å². The van der Waals surface area contributed by atoms with Crippen LogP contribution in [0.5, 0.6) is 5.75 Å². The zero-order valence-electron chi connectivity index (χ0n) is 18.5. The molecule has 1 aromatic heterocycles. The van der Waals surface area contributed by atoms with E-state index in [1.807, 2.05) is 18.2 Å². The van der Waals surface area contributed by atoms with Crippen LogP contribution in [0.25, 0.3) is 10.9 Å². The molecule has 1 amide bonds. The largest absolute Gasteiger partial charge is 0.497 e. The lowest BCUT2D eigenvalue weighted by molar-refractivity contribution is -0.122. The summed E-state index contributed by atoms with van der Waals surface area (Å²) in [5.41, 5.74) is 3.81. The van der Waals surface area contributed by atoms with Gasteiger partial charge < -0.3 is 15.0 Å². The quantitative estimate of drug-likeness (QED) is 0.535. The number of nitrogens with one attached hydrogen (secondary N) is 2. The average molecular weight is 405 g/mol. The molecule has 0 unspecified atom stereocenters. The van der Waals surface area contributed by atoms with E-state index >= 15 is 0 Å². The standard InChI is InChI=1S/C26H32N2O2/c1-25(2,3)23-17-18-16-20(10-13-22(18)28-23)27-24(29)26(14-6-5-7-15-26)19-8-11-21(30-4)12-9-19/h8-13,16-17,28H,5-7,14-15H2,1-4H3,(H,27,29). The number of ether oxygens (including phenoxy) is 1. The van der Waals surface area contributed by atoms with Crippen molar-refractivity contribution >= 4 is 22.5 Å². The fourth-order valence-corrected chi connectivity index (χ4v) is 4.58. The molecule has 3 aromatic rings. The summed E-state index contributed by atoms with van der Waals surface area (Å²) in [5.74, 6) is 0.913. The van der Waals surface area contributed by atoms with Crippen LogP contribution in [0.3, 0.4) is 0 Å². The van der Waals surface area contributed by atoms with Gasteiger partial charge in [0.05, 0.1) is 12.5 Å². The number of methoxy groups -OCH3 is 1. The Hall–Kier alpha value is -2.75. The van der Waals surface area contributed by atoms with Gasteiger partial charge in [0.2, 0.25) is 5.91 Å². The van der Waals surface area contributed by atoms with Gasteiger partial charge in [-0.2, -0.15) is 0 Å². The van der Waals surface area contributed by atoms with E-state index < -0.39 is 5.41 Å². The van der Waals surface area contributed by atoms with Crippen LogP contribution in [0.2, 0.25) is 0 Å². The minimum atomic E-state index is -0.478. The number of anilines is 1. The maximum absolute atomic E-state index is 13.6. The maximum atomic E-state index is 13.6. The van der Waals surface area contributed by atoms with Crippen LogP contribution >= 0.6 is 0 Å². The second kappa shape index (κ2) is 7.82. The normalized spacial score (nSPS) is 16.4. The van der Waals surface area contributed by atoms with Gasteiger partial charge in [0.25, 0.3) is 0 Å². The minimum absolute atomic E-state index is 0.0585. The number of amides is 1. The molecule has 1 fully saturated rings. The second-order valence-corrected chi connectivity index (χ2v) is 9.56. The van der Waals surface area contributed by atoms with Gasteiger partial charge in [0.15, 0.2) is 0 Å². The molecule has 1 saturated carbocycles. The highest BCUT2D eigenvalue weighted by Gasteiger charge is 2.41. The van der Waals surface area contributed by atoms with Gasteiger partial charge in [-0.25, -0.2) is 0 Å². The molecule has 1 aliphatic carbocycles. The number of carbonyl (C=O) groups is 1. The van der Waals surface area contributed by atoms with Gasteiger partial charge in [0.1, 0.15) is 5.75 Å². The van der Waals surface area contributed by atoms with Crippen molar-refractivity contribution in [3.63, 3.8) is 0 Å². The molecule has 0 spiro atoms. The molecule has 158 valence electrons. The lowest BCUT2D eigenvalue weighted by Crippen LogP contribution is -2.42. The molecule has 4 rings (SSSR count). The highest BCUT2D eigenvalue weighted by Crippen LogP contribution is 2.41. The van der Waals surface area contributed by atoms with E-state index in [-0.39, 0.29) is 11.3 Å².